The van der Waals surface area contributed by atoms with Gasteiger partial charge in [-0.2, -0.15) is 8.42 Å². The molecule has 0 amide bonds. The predicted molar refractivity (Wildman–Crippen MR) is 21.7 cm³/mol. The molecule has 0 aliphatic heterocycles. The van der Waals surface area contributed by atoms with E-state index in [1.807, 2.05) is 0 Å². The Balaban J connectivity index is 0. The zero-order chi connectivity index (χ0) is 5.21. The van der Waals surface area contributed by atoms with Crippen LogP contribution in [-0.2, 0) is 10.1 Å². The van der Waals surface area contributed by atoms with Crippen molar-refractivity contribution in [3.8, 4) is 0 Å². The van der Waals surface area contributed by atoms with Crippen LogP contribution in [0.3, 0.4) is 0 Å². The Bertz CT molecular complexity index is 123. The van der Waals surface area contributed by atoms with E-state index in [0.717, 1.165) is 0 Å². The molecule has 0 saturated carbocycles. The van der Waals surface area contributed by atoms with Gasteiger partial charge < -0.3 is 0 Å². The molecule has 0 atom stereocenters. The van der Waals surface area contributed by atoms with E-state index in [1.54, 1.807) is 0 Å². The molecule has 0 aliphatic rings. The van der Waals surface area contributed by atoms with Gasteiger partial charge in [-0.05, 0) is 0 Å². The molecule has 5 heteroatoms. The van der Waals surface area contributed by atoms with Gasteiger partial charge in [0.15, 0.2) is 0 Å². The molecule has 0 rings (SSSR count). The molecular formula is C2H4LaO3S. The second-order valence-electron chi connectivity index (χ2n) is 0.682. The monoisotopic (exact) mass is 247 g/mol. The van der Waals surface area contributed by atoms with Crippen molar-refractivity contribution >= 4 is 10.1 Å². The Hall–Kier alpha value is 0.845. The van der Waals surface area contributed by atoms with Gasteiger partial charge in [-0.1, -0.05) is 6.58 Å². The largest absolute Gasteiger partial charge is 0.287 e. The summed E-state index contributed by atoms with van der Waals surface area (Å²) in [5.41, 5.74) is 0. The van der Waals surface area contributed by atoms with E-state index >= 15 is 0 Å². The molecule has 7 heavy (non-hydrogen) atoms. The average molecular weight is 247 g/mol. The SMILES string of the molecule is C=CS(=O)(=O)O.[La]. The topological polar surface area (TPSA) is 54.4 Å². The van der Waals surface area contributed by atoms with Crippen molar-refractivity contribution in [1.82, 2.24) is 0 Å². The minimum atomic E-state index is -3.90. The predicted octanol–water partition coefficient (Wildman–Crippen LogP) is 0.0177. The van der Waals surface area contributed by atoms with Crippen LogP contribution in [0.1, 0.15) is 0 Å². The van der Waals surface area contributed by atoms with Crippen molar-refractivity contribution in [3.05, 3.63) is 12.0 Å². The third-order valence-electron chi connectivity index (χ3n) is 0.211. The first-order chi connectivity index (χ1) is 2.56. The first-order valence-corrected chi connectivity index (χ1v) is 2.66. The smallest absolute Gasteiger partial charge is 0.282 e. The van der Waals surface area contributed by atoms with Crippen LogP contribution in [0.25, 0.3) is 0 Å². The maximum atomic E-state index is 9.44. The summed E-state index contributed by atoms with van der Waals surface area (Å²) >= 11 is 0. The zero-order valence-electron chi connectivity index (χ0n) is 3.53. The molecule has 1 radical (unpaired) electrons. The number of rotatable bonds is 1. The summed E-state index contributed by atoms with van der Waals surface area (Å²) in [7, 11) is -3.90. The molecule has 0 heterocycles. The Kier molecular flexibility index (Phi) is 5.84. The molecule has 0 spiro atoms. The second-order valence-corrected chi connectivity index (χ2v) is 2.04. The quantitative estimate of drug-likeness (QED) is 0.664. The van der Waals surface area contributed by atoms with E-state index in [-0.39, 0.29) is 35.6 Å². The van der Waals surface area contributed by atoms with Gasteiger partial charge in [0.25, 0.3) is 10.1 Å². The summed E-state index contributed by atoms with van der Waals surface area (Å²) in [5, 5.41) is 0.465. The zero-order valence-corrected chi connectivity index (χ0v) is 7.98. The average Bonchev–Trinajstić information content (AvgIpc) is 1.35. The summed E-state index contributed by atoms with van der Waals surface area (Å²) in [6.07, 6.45) is 0. The molecule has 0 bridgehead atoms. The molecule has 0 unspecified atom stereocenters. The van der Waals surface area contributed by atoms with Crippen molar-refractivity contribution in [2.24, 2.45) is 0 Å². The standard InChI is InChI=1S/C2H4O3S.La/c1-2-6(3,4)5;/h2H,1H2,(H,3,4,5);. The summed E-state index contributed by atoms with van der Waals surface area (Å²) in [6.45, 7) is 2.79. The molecule has 0 aliphatic carbocycles. The maximum Gasteiger partial charge on any atom is 0.287 e. The van der Waals surface area contributed by atoms with E-state index in [4.69, 9.17) is 4.55 Å². The van der Waals surface area contributed by atoms with Gasteiger partial charge in [-0.25, -0.2) is 0 Å². The fraction of sp³-hybridized carbons (Fsp3) is 0. The first-order valence-electron chi connectivity index (χ1n) is 1.16. The summed E-state index contributed by atoms with van der Waals surface area (Å²) in [4.78, 5) is 0. The Morgan fingerprint density at radius 2 is 1.71 bits per heavy atom. The van der Waals surface area contributed by atoms with Gasteiger partial charge in [-0.15, -0.1) is 0 Å². The van der Waals surface area contributed by atoms with Gasteiger partial charge in [0.2, 0.25) is 0 Å². The molecule has 0 aromatic heterocycles. The van der Waals surface area contributed by atoms with Crippen LogP contribution in [0.15, 0.2) is 12.0 Å². The summed E-state index contributed by atoms with van der Waals surface area (Å²) in [5.74, 6) is 0. The molecule has 1 N–H and O–H groups in total. The van der Waals surface area contributed by atoms with E-state index < -0.39 is 10.1 Å². The fourth-order valence-electron chi connectivity index (χ4n) is 0. The van der Waals surface area contributed by atoms with Crippen molar-refractivity contribution < 1.29 is 48.6 Å². The molecule has 0 saturated heterocycles. The number of hydrogen-bond acceptors (Lipinski definition) is 2. The second kappa shape index (κ2) is 3.80. The Morgan fingerprint density at radius 1 is 1.57 bits per heavy atom. The molecule has 39 valence electrons. The van der Waals surface area contributed by atoms with Crippen molar-refractivity contribution in [2.45, 2.75) is 0 Å². The molecule has 0 fully saturated rings. The summed E-state index contributed by atoms with van der Waals surface area (Å²) < 4.78 is 26.6. The van der Waals surface area contributed by atoms with Crippen molar-refractivity contribution in [1.29, 1.82) is 0 Å². The fourth-order valence-corrected chi connectivity index (χ4v) is 0. The molecule has 0 aromatic carbocycles. The van der Waals surface area contributed by atoms with Crippen LogP contribution in [0.5, 0.6) is 0 Å². The van der Waals surface area contributed by atoms with E-state index in [9.17, 15) is 8.42 Å². The molecule has 3 nitrogen and oxygen atoms in total. The number of hydrogen-bond donors (Lipinski definition) is 1. The van der Waals surface area contributed by atoms with E-state index in [1.165, 1.54) is 0 Å². The van der Waals surface area contributed by atoms with Gasteiger partial charge in [0, 0.05) is 35.6 Å². The van der Waals surface area contributed by atoms with Gasteiger partial charge >= 0.3 is 0 Å². The van der Waals surface area contributed by atoms with Crippen LogP contribution >= 0.6 is 0 Å². The minimum absolute atomic E-state index is 0. The van der Waals surface area contributed by atoms with Gasteiger partial charge in [-0.3, -0.25) is 4.55 Å². The van der Waals surface area contributed by atoms with E-state index in [0.29, 0.717) is 5.41 Å². The van der Waals surface area contributed by atoms with Crippen LogP contribution in [-0.4, -0.2) is 13.0 Å². The van der Waals surface area contributed by atoms with Crippen molar-refractivity contribution in [2.75, 3.05) is 0 Å². The third kappa shape index (κ3) is 10.9. The normalized spacial score (nSPS) is 9.29. The van der Waals surface area contributed by atoms with Crippen LogP contribution in [0, 0.1) is 35.6 Å². The maximum absolute atomic E-state index is 9.44. The van der Waals surface area contributed by atoms with Crippen molar-refractivity contribution in [3.63, 3.8) is 0 Å². The van der Waals surface area contributed by atoms with Crippen LogP contribution < -0.4 is 0 Å². The summed E-state index contributed by atoms with van der Waals surface area (Å²) in [6, 6.07) is 0. The molecule has 0 aromatic rings. The van der Waals surface area contributed by atoms with Crippen LogP contribution in [0.2, 0.25) is 0 Å². The molecular weight excluding hydrogens is 243 g/mol. The van der Waals surface area contributed by atoms with Gasteiger partial charge in [0.05, 0.1) is 5.41 Å². The third-order valence-corrected chi connectivity index (χ3v) is 0.632. The van der Waals surface area contributed by atoms with E-state index in [2.05, 4.69) is 6.58 Å². The first kappa shape index (κ1) is 10.8. The Labute approximate surface area is 70.1 Å². The van der Waals surface area contributed by atoms with Crippen LogP contribution in [0.4, 0.5) is 0 Å². The Morgan fingerprint density at radius 3 is 1.71 bits per heavy atom. The minimum Gasteiger partial charge on any atom is -0.282 e. The van der Waals surface area contributed by atoms with Gasteiger partial charge in [0.1, 0.15) is 0 Å².